The standard InChI is InChI=1S/C17H36/c1-4-7-9-11-13-16-17(14-6-3)15-12-10-8-5-2/h17H,4-16H2,1-3H3. The molecule has 0 saturated heterocycles. The summed E-state index contributed by atoms with van der Waals surface area (Å²) in [6, 6.07) is 0. The fraction of sp³-hybridized carbons (Fsp3) is 1.00. The molecule has 0 rings (SSSR count). The quantitative estimate of drug-likeness (QED) is 0.313. The van der Waals surface area contributed by atoms with Crippen molar-refractivity contribution in [2.75, 3.05) is 0 Å². The van der Waals surface area contributed by atoms with Crippen LogP contribution >= 0.6 is 0 Å². The average molecular weight is 240 g/mol. The molecule has 0 aromatic heterocycles. The largest absolute Gasteiger partial charge is 0.0654 e. The van der Waals surface area contributed by atoms with Crippen LogP contribution in [0.15, 0.2) is 0 Å². The van der Waals surface area contributed by atoms with Gasteiger partial charge < -0.3 is 0 Å². The molecule has 0 aliphatic rings. The predicted octanol–water partition coefficient (Wildman–Crippen LogP) is 6.73. The average Bonchev–Trinajstić information content (AvgIpc) is 2.34. The van der Waals surface area contributed by atoms with E-state index in [1.54, 1.807) is 0 Å². The lowest BCUT2D eigenvalue weighted by Gasteiger charge is -2.15. The van der Waals surface area contributed by atoms with E-state index in [9.17, 15) is 0 Å². The predicted molar refractivity (Wildman–Crippen MR) is 80.5 cm³/mol. The minimum absolute atomic E-state index is 1.04. The van der Waals surface area contributed by atoms with E-state index in [2.05, 4.69) is 20.8 Å². The van der Waals surface area contributed by atoms with Crippen molar-refractivity contribution in [2.45, 2.75) is 104 Å². The zero-order valence-electron chi connectivity index (χ0n) is 12.8. The van der Waals surface area contributed by atoms with Crippen molar-refractivity contribution in [3.05, 3.63) is 0 Å². The molecule has 0 saturated carbocycles. The number of rotatable bonds is 13. The van der Waals surface area contributed by atoms with Crippen LogP contribution < -0.4 is 0 Å². The van der Waals surface area contributed by atoms with E-state index in [0.29, 0.717) is 0 Å². The molecule has 0 heterocycles. The monoisotopic (exact) mass is 240 g/mol. The Morgan fingerprint density at radius 1 is 0.471 bits per heavy atom. The van der Waals surface area contributed by atoms with Crippen molar-refractivity contribution >= 4 is 0 Å². The molecule has 17 heavy (non-hydrogen) atoms. The molecule has 0 aliphatic heterocycles. The summed E-state index contributed by atoms with van der Waals surface area (Å²) in [5.41, 5.74) is 0. The van der Waals surface area contributed by atoms with Crippen molar-refractivity contribution in [3.63, 3.8) is 0 Å². The molecule has 1 unspecified atom stereocenters. The van der Waals surface area contributed by atoms with E-state index in [1.807, 2.05) is 0 Å². The minimum Gasteiger partial charge on any atom is -0.0654 e. The maximum Gasteiger partial charge on any atom is -0.0414 e. The molecule has 0 heteroatoms. The lowest BCUT2D eigenvalue weighted by molar-refractivity contribution is 0.379. The maximum absolute atomic E-state index is 2.34. The van der Waals surface area contributed by atoms with E-state index in [-0.39, 0.29) is 0 Å². The Morgan fingerprint density at radius 2 is 0.941 bits per heavy atom. The highest BCUT2D eigenvalue weighted by Crippen LogP contribution is 2.22. The Kier molecular flexibility index (Phi) is 14.1. The molecule has 0 bridgehead atoms. The van der Waals surface area contributed by atoms with Gasteiger partial charge in [0.25, 0.3) is 0 Å². The summed E-state index contributed by atoms with van der Waals surface area (Å²) in [7, 11) is 0. The summed E-state index contributed by atoms with van der Waals surface area (Å²) < 4.78 is 0. The Bertz CT molecular complexity index is 128. The van der Waals surface area contributed by atoms with Gasteiger partial charge >= 0.3 is 0 Å². The molecule has 0 aromatic carbocycles. The van der Waals surface area contributed by atoms with Crippen molar-refractivity contribution in [1.29, 1.82) is 0 Å². The first-order valence-electron chi connectivity index (χ1n) is 8.35. The number of hydrogen-bond acceptors (Lipinski definition) is 0. The Balaban J connectivity index is 3.45. The molecule has 0 nitrogen and oxygen atoms in total. The molecule has 0 fully saturated rings. The van der Waals surface area contributed by atoms with Crippen LogP contribution in [0.1, 0.15) is 104 Å². The molecular formula is C17H36. The lowest BCUT2D eigenvalue weighted by atomic mass is 9.91. The maximum atomic E-state index is 2.34. The fourth-order valence-electron chi connectivity index (χ4n) is 2.74. The second-order valence-electron chi connectivity index (χ2n) is 5.71. The third-order valence-electron chi connectivity index (χ3n) is 3.88. The zero-order valence-corrected chi connectivity index (χ0v) is 12.8. The van der Waals surface area contributed by atoms with Gasteiger partial charge in [-0.1, -0.05) is 104 Å². The van der Waals surface area contributed by atoms with Gasteiger partial charge in [-0.2, -0.15) is 0 Å². The molecule has 0 spiro atoms. The Hall–Kier alpha value is 0. The first kappa shape index (κ1) is 17.0. The third kappa shape index (κ3) is 12.2. The van der Waals surface area contributed by atoms with Gasteiger partial charge in [-0.15, -0.1) is 0 Å². The molecule has 0 amide bonds. The summed E-state index contributed by atoms with van der Waals surface area (Å²) >= 11 is 0. The highest BCUT2D eigenvalue weighted by Gasteiger charge is 2.07. The van der Waals surface area contributed by atoms with Crippen LogP contribution in [0.4, 0.5) is 0 Å². The second-order valence-corrected chi connectivity index (χ2v) is 5.71. The van der Waals surface area contributed by atoms with E-state index >= 15 is 0 Å². The first-order valence-corrected chi connectivity index (χ1v) is 8.35. The van der Waals surface area contributed by atoms with Crippen LogP contribution in [0.3, 0.4) is 0 Å². The van der Waals surface area contributed by atoms with Gasteiger partial charge in [0, 0.05) is 0 Å². The third-order valence-corrected chi connectivity index (χ3v) is 3.88. The normalized spacial score (nSPS) is 12.9. The van der Waals surface area contributed by atoms with Gasteiger partial charge in [0.15, 0.2) is 0 Å². The second kappa shape index (κ2) is 14.1. The molecule has 0 aromatic rings. The van der Waals surface area contributed by atoms with Crippen LogP contribution in [0.25, 0.3) is 0 Å². The minimum atomic E-state index is 1.04. The van der Waals surface area contributed by atoms with Gasteiger partial charge in [0.05, 0.1) is 0 Å². The van der Waals surface area contributed by atoms with Crippen LogP contribution in [0.2, 0.25) is 0 Å². The van der Waals surface area contributed by atoms with Gasteiger partial charge in [0.1, 0.15) is 0 Å². The van der Waals surface area contributed by atoms with Gasteiger partial charge in [-0.05, 0) is 5.92 Å². The van der Waals surface area contributed by atoms with E-state index < -0.39 is 0 Å². The molecule has 0 aliphatic carbocycles. The number of hydrogen-bond donors (Lipinski definition) is 0. The molecule has 0 radical (unpaired) electrons. The van der Waals surface area contributed by atoms with Crippen molar-refractivity contribution in [1.82, 2.24) is 0 Å². The topological polar surface area (TPSA) is 0 Å². The van der Waals surface area contributed by atoms with E-state index in [1.165, 1.54) is 83.5 Å². The molecule has 1 atom stereocenters. The molecular weight excluding hydrogens is 204 g/mol. The first-order chi connectivity index (χ1) is 8.35. The Morgan fingerprint density at radius 3 is 1.41 bits per heavy atom. The Labute approximate surface area is 111 Å². The smallest absolute Gasteiger partial charge is 0.0414 e. The summed E-state index contributed by atoms with van der Waals surface area (Å²) in [6.45, 7) is 6.95. The number of unbranched alkanes of at least 4 members (excludes halogenated alkanes) is 7. The van der Waals surface area contributed by atoms with Crippen molar-refractivity contribution in [3.8, 4) is 0 Å². The van der Waals surface area contributed by atoms with Crippen molar-refractivity contribution in [2.24, 2.45) is 5.92 Å². The summed E-state index contributed by atoms with van der Waals surface area (Å²) in [5, 5.41) is 0. The van der Waals surface area contributed by atoms with Gasteiger partial charge in [-0.3, -0.25) is 0 Å². The summed E-state index contributed by atoms with van der Waals surface area (Å²) in [5.74, 6) is 1.04. The van der Waals surface area contributed by atoms with Crippen LogP contribution in [0.5, 0.6) is 0 Å². The fourth-order valence-corrected chi connectivity index (χ4v) is 2.74. The highest BCUT2D eigenvalue weighted by molar-refractivity contribution is 4.60. The van der Waals surface area contributed by atoms with E-state index in [4.69, 9.17) is 0 Å². The lowest BCUT2D eigenvalue weighted by Crippen LogP contribution is -2.00. The van der Waals surface area contributed by atoms with Crippen LogP contribution in [-0.4, -0.2) is 0 Å². The zero-order chi connectivity index (χ0) is 12.8. The SMILES string of the molecule is CCCCCCCC(CCC)CCCCCC. The van der Waals surface area contributed by atoms with Gasteiger partial charge in [-0.25, -0.2) is 0 Å². The molecule has 0 N–H and O–H groups in total. The van der Waals surface area contributed by atoms with E-state index in [0.717, 1.165) is 5.92 Å². The van der Waals surface area contributed by atoms with Gasteiger partial charge in [0.2, 0.25) is 0 Å². The summed E-state index contributed by atoms with van der Waals surface area (Å²) in [6.07, 6.45) is 18.8. The van der Waals surface area contributed by atoms with Crippen molar-refractivity contribution < 1.29 is 0 Å². The highest BCUT2D eigenvalue weighted by atomic mass is 14.1. The van der Waals surface area contributed by atoms with Crippen LogP contribution in [-0.2, 0) is 0 Å². The van der Waals surface area contributed by atoms with Crippen LogP contribution in [0, 0.1) is 5.92 Å². The summed E-state index contributed by atoms with van der Waals surface area (Å²) in [4.78, 5) is 0. The molecule has 104 valence electrons.